The molecule has 3 rings (SSSR count). The molecule has 0 aliphatic heterocycles. The lowest BCUT2D eigenvalue weighted by atomic mass is 10.1. The number of esters is 1. The second-order valence-electron chi connectivity index (χ2n) is 8.31. The molecule has 0 saturated heterocycles. The normalized spacial score (nSPS) is 11.0. The molecular weight excluding hydrogens is 520 g/mol. The van der Waals surface area contributed by atoms with Gasteiger partial charge in [0.25, 0.3) is 10.1 Å². The summed E-state index contributed by atoms with van der Waals surface area (Å²) < 4.78 is 50.6. The molecule has 0 heterocycles. The molecule has 9 heteroatoms. The van der Waals surface area contributed by atoms with Crippen LogP contribution < -0.4 is 0 Å². The zero-order chi connectivity index (χ0) is 27.8. The Hall–Kier alpha value is -3.52. The van der Waals surface area contributed by atoms with Gasteiger partial charge >= 0.3 is 5.97 Å². The van der Waals surface area contributed by atoms with Gasteiger partial charge < -0.3 is 18.9 Å². The van der Waals surface area contributed by atoms with E-state index in [9.17, 15) is 13.2 Å². The average Bonchev–Trinajstić information content (AvgIpc) is 2.95. The third kappa shape index (κ3) is 11.4. The van der Waals surface area contributed by atoms with E-state index in [0.29, 0.717) is 37.6 Å². The summed E-state index contributed by atoms with van der Waals surface area (Å²) in [6.45, 7) is 3.74. The smallest absolute Gasteiger partial charge is 0.338 e. The zero-order valence-electron chi connectivity index (χ0n) is 21.8. The first-order valence-corrected chi connectivity index (χ1v) is 13.8. The number of hydrogen-bond acceptors (Lipinski definition) is 8. The summed E-state index contributed by atoms with van der Waals surface area (Å²) in [5.41, 5.74) is 3.02. The zero-order valence-corrected chi connectivity index (χ0v) is 22.7. The number of rotatable bonds is 15. The molecule has 0 atom stereocenters. The Morgan fingerprint density at radius 1 is 0.769 bits per heavy atom. The van der Waals surface area contributed by atoms with E-state index in [-0.39, 0.29) is 31.3 Å². The van der Waals surface area contributed by atoms with Gasteiger partial charge in [-0.2, -0.15) is 8.42 Å². The molecule has 0 aliphatic carbocycles. The first-order chi connectivity index (χ1) is 18.9. The van der Waals surface area contributed by atoms with Crippen molar-refractivity contribution >= 4 is 16.1 Å². The van der Waals surface area contributed by atoms with Crippen molar-refractivity contribution in [2.45, 2.75) is 18.4 Å². The first-order valence-electron chi connectivity index (χ1n) is 12.4. The van der Waals surface area contributed by atoms with Crippen molar-refractivity contribution in [2.75, 3.05) is 46.2 Å². The summed E-state index contributed by atoms with van der Waals surface area (Å²) in [6.07, 6.45) is 0. The van der Waals surface area contributed by atoms with Gasteiger partial charge in [-0.15, -0.1) is 0 Å². The van der Waals surface area contributed by atoms with E-state index in [4.69, 9.17) is 23.1 Å². The third-order valence-electron chi connectivity index (χ3n) is 5.24. The fraction of sp³-hybridized carbons (Fsp3) is 0.300. The summed E-state index contributed by atoms with van der Waals surface area (Å²) in [5, 5.41) is 0. The van der Waals surface area contributed by atoms with Crippen LogP contribution in [0, 0.1) is 18.8 Å². The van der Waals surface area contributed by atoms with E-state index in [2.05, 4.69) is 11.8 Å². The van der Waals surface area contributed by atoms with Crippen LogP contribution in [0.5, 0.6) is 0 Å². The summed E-state index contributed by atoms with van der Waals surface area (Å²) in [4.78, 5) is 12.4. The maximum atomic E-state index is 12.3. The molecule has 0 aliphatic rings. The monoisotopic (exact) mass is 552 g/mol. The molecule has 0 unspecified atom stereocenters. The Morgan fingerprint density at radius 3 is 2.15 bits per heavy atom. The van der Waals surface area contributed by atoms with E-state index >= 15 is 0 Å². The Morgan fingerprint density at radius 2 is 1.44 bits per heavy atom. The lowest BCUT2D eigenvalue weighted by molar-refractivity contribution is 0.0146. The maximum absolute atomic E-state index is 12.3. The van der Waals surface area contributed by atoms with Crippen LogP contribution in [0.25, 0.3) is 0 Å². The van der Waals surface area contributed by atoms with Gasteiger partial charge in [-0.05, 0) is 42.8 Å². The number of benzene rings is 3. The molecule has 0 saturated carbocycles. The van der Waals surface area contributed by atoms with E-state index in [0.717, 1.165) is 11.1 Å². The molecule has 206 valence electrons. The van der Waals surface area contributed by atoms with Gasteiger partial charge in [-0.25, -0.2) is 4.79 Å². The second kappa shape index (κ2) is 16.4. The second-order valence-corrected chi connectivity index (χ2v) is 9.93. The van der Waals surface area contributed by atoms with Crippen LogP contribution in [-0.4, -0.2) is 60.6 Å². The maximum Gasteiger partial charge on any atom is 0.338 e. The van der Waals surface area contributed by atoms with Crippen LogP contribution in [0.15, 0.2) is 83.8 Å². The molecule has 0 spiro atoms. The predicted molar refractivity (Wildman–Crippen MR) is 146 cm³/mol. The topological polar surface area (TPSA) is 97.4 Å². The molecular formula is C30H32O8S. The lowest BCUT2D eigenvalue weighted by Crippen LogP contribution is -2.14. The van der Waals surface area contributed by atoms with Gasteiger partial charge in [-0.1, -0.05) is 65.9 Å². The van der Waals surface area contributed by atoms with Gasteiger partial charge in [0.1, 0.15) is 13.2 Å². The fourth-order valence-electron chi connectivity index (χ4n) is 3.21. The van der Waals surface area contributed by atoms with Gasteiger partial charge in [0.2, 0.25) is 0 Å². The van der Waals surface area contributed by atoms with Crippen molar-refractivity contribution in [1.29, 1.82) is 0 Å². The molecule has 0 N–H and O–H groups in total. The minimum Gasteiger partial charge on any atom is -0.457 e. The van der Waals surface area contributed by atoms with Crippen molar-refractivity contribution in [2.24, 2.45) is 0 Å². The van der Waals surface area contributed by atoms with Crippen molar-refractivity contribution in [1.82, 2.24) is 0 Å². The summed E-state index contributed by atoms with van der Waals surface area (Å²) in [7, 11) is -3.78. The van der Waals surface area contributed by atoms with Crippen LogP contribution in [0.2, 0.25) is 0 Å². The van der Waals surface area contributed by atoms with Crippen LogP contribution in [0.3, 0.4) is 0 Å². The number of carbonyl (C=O) groups excluding carboxylic acids is 1. The number of aryl methyl sites for hydroxylation is 1. The summed E-state index contributed by atoms with van der Waals surface area (Å²) in [6, 6.07) is 22.9. The molecule has 0 amide bonds. The Kier molecular flexibility index (Phi) is 12.7. The van der Waals surface area contributed by atoms with Gasteiger partial charge in [-0.3, -0.25) is 4.18 Å². The molecule has 39 heavy (non-hydrogen) atoms. The highest BCUT2D eigenvalue weighted by molar-refractivity contribution is 7.86. The van der Waals surface area contributed by atoms with Crippen molar-refractivity contribution in [3.8, 4) is 11.8 Å². The van der Waals surface area contributed by atoms with Crippen molar-refractivity contribution in [3.05, 3.63) is 101 Å². The molecule has 3 aromatic rings. The standard InChI is InChI=1S/C30H32O8S/c1-25-12-14-29(15-13-25)39(32,33)38-22-21-36-20-19-35-18-17-34-16-6-10-26-9-5-11-28(23-26)30(31)37-24-27-7-3-2-4-8-27/h2-5,7-9,11-15,23H,16-22,24H2,1H3. The van der Waals surface area contributed by atoms with Crippen molar-refractivity contribution in [3.63, 3.8) is 0 Å². The average molecular weight is 553 g/mol. The van der Waals surface area contributed by atoms with Crippen LogP contribution in [0.4, 0.5) is 0 Å². The number of ether oxygens (including phenoxy) is 4. The van der Waals surface area contributed by atoms with E-state index in [1.54, 1.807) is 30.3 Å². The fourth-order valence-corrected chi connectivity index (χ4v) is 4.10. The largest absolute Gasteiger partial charge is 0.457 e. The van der Waals surface area contributed by atoms with E-state index < -0.39 is 16.1 Å². The quantitative estimate of drug-likeness (QED) is 0.120. The van der Waals surface area contributed by atoms with Gasteiger partial charge in [0.15, 0.2) is 0 Å². The Balaban J connectivity index is 1.21. The third-order valence-corrected chi connectivity index (χ3v) is 6.56. The Bertz CT molecular complexity index is 1330. The van der Waals surface area contributed by atoms with Crippen LogP contribution in [0.1, 0.15) is 27.0 Å². The highest BCUT2D eigenvalue weighted by Gasteiger charge is 2.14. The summed E-state index contributed by atoms with van der Waals surface area (Å²) in [5.74, 6) is 5.48. The highest BCUT2D eigenvalue weighted by atomic mass is 32.2. The lowest BCUT2D eigenvalue weighted by Gasteiger charge is -2.07. The highest BCUT2D eigenvalue weighted by Crippen LogP contribution is 2.13. The Labute approximate surface area is 229 Å². The molecule has 0 aromatic heterocycles. The number of hydrogen-bond donors (Lipinski definition) is 0. The predicted octanol–water partition coefficient (Wildman–Crippen LogP) is 4.16. The number of carbonyl (C=O) groups is 1. The minimum atomic E-state index is -3.78. The first kappa shape index (κ1) is 30.0. The van der Waals surface area contributed by atoms with Crippen LogP contribution in [-0.2, 0) is 39.9 Å². The van der Waals surface area contributed by atoms with Crippen molar-refractivity contribution < 1.29 is 36.3 Å². The van der Waals surface area contributed by atoms with E-state index in [1.807, 2.05) is 43.3 Å². The van der Waals surface area contributed by atoms with Gasteiger partial charge in [0.05, 0.1) is 50.1 Å². The molecule has 0 bridgehead atoms. The SMILES string of the molecule is Cc1ccc(S(=O)(=O)OCCOCCOCCOCC#Cc2cccc(C(=O)OCc3ccccc3)c2)cc1. The van der Waals surface area contributed by atoms with Gasteiger partial charge in [0, 0.05) is 5.56 Å². The molecule has 0 radical (unpaired) electrons. The molecule has 0 fully saturated rings. The minimum absolute atomic E-state index is 0.0736. The summed E-state index contributed by atoms with van der Waals surface area (Å²) >= 11 is 0. The molecule has 8 nitrogen and oxygen atoms in total. The van der Waals surface area contributed by atoms with Crippen LogP contribution >= 0.6 is 0 Å². The van der Waals surface area contributed by atoms with E-state index in [1.165, 1.54) is 12.1 Å². The molecule has 3 aromatic carbocycles.